The van der Waals surface area contributed by atoms with Crippen LogP contribution in [0.5, 0.6) is 11.5 Å². The van der Waals surface area contributed by atoms with Gasteiger partial charge >= 0.3 is 6.03 Å². The number of urea groups is 1. The summed E-state index contributed by atoms with van der Waals surface area (Å²) in [7, 11) is 0. The monoisotopic (exact) mass is 305 g/mol. The molecule has 2 aliphatic heterocycles. The summed E-state index contributed by atoms with van der Waals surface area (Å²) in [5, 5.41) is 8.11. The molecule has 2 heterocycles. The summed E-state index contributed by atoms with van der Waals surface area (Å²) in [6, 6.07) is 4.70. The molecule has 7 heteroatoms. The molecule has 2 aliphatic rings. The standard InChI is InChI=1S/C15H19N3O4/c1-2-10(17-14(19)11-8-16-15(20)18-11)9-3-4-12-13(7-9)22-6-5-21-12/h3-4,7,10-11H,2,5-6,8H2,1H3,(H,17,19)(H2,16,18,20)/t10-,11-/m1/s1. The molecule has 3 amide bonds. The third-order valence-electron chi connectivity index (χ3n) is 3.78. The molecule has 0 aromatic heterocycles. The van der Waals surface area contributed by atoms with E-state index in [0.29, 0.717) is 25.5 Å². The van der Waals surface area contributed by atoms with Crippen molar-refractivity contribution in [2.75, 3.05) is 19.8 Å². The van der Waals surface area contributed by atoms with E-state index in [-0.39, 0.29) is 18.0 Å². The molecule has 1 aromatic carbocycles. The first kappa shape index (κ1) is 14.5. The zero-order valence-corrected chi connectivity index (χ0v) is 12.3. The average molecular weight is 305 g/mol. The lowest BCUT2D eigenvalue weighted by atomic mass is 10.0. The normalized spacial score (nSPS) is 20.8. The lowest BCUT2D eigenvalue weighted by molar-refractivity contribution is -0.123. The van der Waals surface area contributed by atoms with E-state index >= 15 is 0 Å². The molecule has 3 N–H and O–H groups in total. The van der Waals surface area contributed by atoms with Crippen molar-refractivity contribution in [3.63, 3.8) is 0 Å². The van der Waals surface area contributed by atoms with Gasteiger partial charge in [-0.25, -0.2) is 4.79 Å². The maximum atomic E-state index is 12.2. The Kier molecular flexibility index (Phi) is 4.04. The molecule has 7 nitrogen and oxygen atoms in total. The van der Waals surface area contributed by atoms with Crippen LogP contribution >= 0.6 is 0 Å². The molecular weight excluding hydrogens is 286 g/mol. The Balaban J connectivity index is 1.71. The van der Waals surface area contributed by atoms with Crippen molar-refractivity contribution in [1.82, 2.24) is 16.0 Å². The van der Waals surface area contributed by atoms with Crippen LogP contribution in [0.15, 0.2) is 18.2 Å². The zero-order valence-electron chi connectivity index (χ0n) is 12.3. The van der Waals surface area contributed by atoms with Gasteiger partial charge in [-0.3, -0.25) is 4.79 Å². The molecular formula is C15H19N3O4. The van der Waals surface area contributed by atoms with Crippen LogP contribution in [0.4, 0.5) is 4.79 Å². The molecule has 0 spiro atoms. The van der Waals surface area contributed by atoms with Crippen LogP contribution < -0.4 is 25.4 Å². The van der Waals surface area contributed by atoms with Crippen molar-refractivity contribution in [3.05, 3.63) is 23.8 Å². The molecule has 1 aromatic rings. The summed E-state index contributed by atoms with van der Waals surface area (Å²) < 4.78 is 11.1. The van der Waals surface area contributed by atoms with Crippen LogP contribution in [0.3, 0.4) is 0 Å². The van der Waals surface area contributed by atoms with Gasteiger partial charge in [0.1, 0.15) is 19.3 Å². The number of hydrogen-bond donors (Lipinski definition) is 3. The molecule has 0 aliphatic carbocycles. The molecule has 0 bridgehead atoms. The Morgan fingerprint density at radius 2 is 2.14 bits per heavy atom. The minimum absolute atomic E-state index is 0.138. The minimum atomic E-state index is -0.529. The quantitative estimate of drug-likeness (QED) is 0.764. The largest absolute Gasteiger partial charge is 0.486 e. The number of benzene rings is 1. The van der Waals surface area contributed by atoms with Gasteiger partial charge in [-0.05, 0) is 24.1 Å². The Morgan fingerprint density at radius 1 is 1.36 bits per heavy atom. The number of hydrogen-bond acceptors (Lipinski definition) is 4. The van der Waals surface area contributed by atoms with Gasteiger partial charge in [0, 0.05) is 6.54 Å². The predicted molar refractivity (Wildman–Crippen MR) is 78.9 cm³/mol. The number of nitrogens with one attached hydrogen (secondary N) is 3. The first-order chi connectivity index (χ1) is 10.7. The average Bonchev–Trinajstić information content (AvgIpc) is 2.98. The first-order valence-corrected chi connectivity index (χ1v) is 7.41. The van der Waals surface area contributed by atoms with Gasteiger partial charge in [0.05, 0.1) is 6.04 Å². The Bertz CT molecular complexity index is 590. The number of fused-ring (bicyclic) bond motifs is 1. The number of carbonyl (C=O) groups excluding carboxylic acids is 2. The molecule has 1 saturated heterocycles. The lowest BCUT2D eigenvalue weighted by Gasteiger charge is -2.23. The Hall–Kier alpha value is -2.44. The third-order valence-corrected chi connectivity index (χ3v) is 3.78. The fourth-order valence-electron chi connectivity index (χ4n) is 2.58. The smallest absolute Gasteiger partial charge is 0.315 e. The van der Waals surface area contributed by atoms with E-state index in [1.54, 1.807) is 0 Å². The Labute approximate surface area is 128 Å². The van der Waals surface area contributed by atoms with Crippen molar-refractivity contribution in [1.29, 1.82) is 0 Å². The molecule has 118 valence electrons. The molecule has 22 heavy (non-hydrogen) atoms. The van der Waals surface area contributed by atoms with Crippen LogP contribution in [0.25, 0.3) is 0 Å². The molecule has 0 saturated carbocycles. The molecule has 1 fully saturated rings. The van der Waals surface area contributed by atoms with Gasteiger partial charge in [-0.2, -0.15) is 0 Å². The van der Waals surface area contributed by atoms with Gasteiger partial charge in [-0.15, -0.1) is 0 Å². The topological polar surface area (TPSA) is 88.7 Å². The fraction of sp³-hybridized carbons (Fsp3) is 0.467. The highest BCUT2D eigenvalue weighted by Gasteiger charge is 2.28. The van der Waals surface area contributed by atoms with Crippen molar-refractivity contribution in [2.24, 2.45) is 0 Å². The minimum Gasteiger partial charge on any atom is -0.486 e. The molecule has 2 atom stereocenters. The van der Waals surface area contributed by atoms with E-state index in [2.05, 4.69) is 16.0 Å². The summed E-state index contributed by atoms with van der Waals surface area (Å²) >= 11 is 0. The molecule has 0 unspecified atom stereocenters. The number of carbonyl (C=O) groups is 2. The SMILES string of the molecule is CC[C@@H](NC(=O)[C@H]1CNC(=O)N1)c1ccc2c(c1)OCCO2. The highest BCUT2D eigenvalue weighted by molar-refractivity contribution is 5.90. The van der Waals surface area contributed by atoms with E-state index in [9.17, 15) is 9.59 Å². The van der Waals surface area contributed by atoms with E-state index in [4.69, 9.17) is 9.47 Å². The fourth-order valence-corrected chi connectivity index (χ4v) is 2.58. The number of ether oxygens (including phenoxy) is 2. The predicted octanol–water partition coefficient (Wildman–Crippen LogP) is 0.706. The van der Waals surface area contributed by atoms with Crippen LogP contribution in [0.1, 0.15) is 24.9 Å². The van der Waals surface area contributed by atoms with Gasteiger partial charge in [0.2, 0.25) is 5.91 Å². The Morgan fingerprint density at radius 3 is 2.82 bits per heavy atom. The second-order valence-corrected chi connectivity index (χ2v) is 5.28. The summed E-state index contributed by atoms with van der Waals surface area (Å²) in [4.78, 5) is 23.3. The molecule has 3 rings (SSSR count). The van der Waals surface area contributed by atoms with Crippen LogP contribution in [0.2, 0.25) is 0 Å². The van der Waals surface area contributed by atoms with Crippen molar-refractivity contribution < 1.29 is 19.1 Å². The highest BCUT2D eigenvalue weighted by Crippen LogP contribution is 2.33. The van der Waals surface area contributed by atoms with Gasteiger partial charge < -0.3 is 25.4 Å². The van der Waals surface area contributed by atoms with Crippen LogP contribution in [0, 0.1) is 0 Å². The van der Waals surface area contributed by atoms with E-state index in [1.807, 2.05) is 25.1 Å². The zero-order chi connectivity index (χ0) is 15.5. The summed E-state index contributed by atoms with van der Waals surface area (Å²) in [6.45, 7) is 3.38. The van der Waals surface area contributed by atoms with E-state index in [0.717, 1.165) is 17.7 Å². The van der Waals surface area contributed by atoms with Crippen LogP contribution in [-0.2, 0) is 4.79 Å². The van der Waals surface area contributed by atoms with Gasteiger partial charge in [0.25, 0.3) is 0 Å². The van der Waals surface area contributed by atoms with Gasteiger partial charge in [0.15, 0.2) is 11.5 Å². The summed E-state index contributed by atoms with van der Waals surface area (Å²) in [5.41, 5.74) is 0.956. The highest BCUT2D eigenvalue weighted by atomic mass is 16.6. The third kappa shape index (κ3) is 2.93. The number of amides is 3. The maximum absolute atomic E-state index is 12.2. The second-order valence-electron chi connectivity index (χ2n) is 5.28. The maximum Gasteiger partial charge on any atom is 0.315 e. The molecule has 0 radical (unpaired) electrons. The van der Waals surface area contributed by atoms with E-state index in [1.165, 1.54) is 0 Å². The second kappa shape index (κ2) is 6.13. The van der Waals surface area contributed by atoms with Crippen LogP contribution in [-0.4, -0.2) is 37.7 Å². The van der Waals surface area contributed by atoms with Crippen molar-refractivity contribution in [2.45, 2.75) is 25.4 Å². The lowest BCUT2D eigenvalue weighted by Crippen LogP contribution is -2.44. The summed E-state index contributed by atoms with van der Waals surface area (Å²) in [6.07, 6.45) is 0.736. The number of rotatable bonds is 4. The van der Waals surface area contributed by atoms with Gasteiger partial charge in [-0.1, -0.05) is 13.0 Å². The van der Waals surface area contributed by atoms with E-state index < -0.39 is 6.04 Å². The summed E-state index contributed by atoms with van der Waals surface area (Å²) in [5.74, 6) is 1.23. The van der Waals surface area contributed by atoms with Crippen molar-refractivity contribution >= 4 is 11.9 Å². The van der Waals surface area contributed by atoms with Crippen molar-refractivity contribution in [3.8, 4) is 11.5 Å². The first-order valence-electron chi connectivity index (χ1n) is 7.41.